The van der Waals surface area contributed by atoms with E-state index in [9.17, 15) is 9.65 Å². The normalized spacial score (nSPS) is 11.6. The van der Waals surface area contributed by atoms with Gasteiger partial charge in [0.2, 0.25) is 0 Å². The molecule has 142 valence electrons. The molecule has 0 bridgehead atoms. The molecule has 0 fully saturated rings. The first kappa shape index (κ1) is 19.3. The lowest BCUT2D eigenvalue weighted by Gasteiger charge is -2.08. The standard InChI is InChI=1S/C24H15Cl2FN2/c25-19-10-9-16(22(26)12-19)14-29-15-18(21-6-2-4-8-24(21)29)11-17(13-28)20-5-1-3-7-23(20)27/h1-12,15H,14H2. The second-order valence-corrected chi connectivity index (χ2v) is 7.46. The van der Waals surface area contributed by atoms with Crippen LogP contribution in [0.2, 0.25) is 10.0 Å². The molecule has 0 spiro atoms. The Bertz CT molecular complexity index is 1280. The fourth-order valence-electron chi connectivity index (χ4n) is 3.36. The first-order valence-electron chi connectivity index (χ1n) is 8.95. The van der Waals surface area contributed by atoms with Gasteiger partial charge >= 0.3 is 0 Å². The lowest BCUT2D eigenvalue weighted by atomic mass is 10.0. The lowest BCUT2D eigenvalue weighted by molar-refractivity contribution is 0.624. The molecule has 4 aromatic rings. The molecule has 0 aliphatic carbocycles. The highest BCUT2D eigenvalue weighted by molar-refractivity contribution is 6.35. The monoisotopic (exact) mass is 420 g/mol. The summed E-state index contributed by atoms with van der Waals surface area (Å²) in [6, 6.07) is 21.7. The van der Waals surface area contributed by atoms with Gasteiger partial charge in [-0.3, -0.25) is 0 Å². The molecule has 0 amide bonds. The Kier molecular flexibility index (Phi) is 5.40. The molecular formula is C24H15Cl2FN2. The molecule has 0 N–H and O–H groups in total. The third-order valence-corrected chi connectivity index (χ3v) is 5.35. The topological polar surface area (TPSA) is 28.7 Å². The second-order valence-electron chi connectivity index (χ2n) is 6.61. The minimum absolute atomic E-state index is 0.274. The molecule has 0 aliphatic rings. The van der Waals surface area contributed by atoms with Gasteiger partial charge in [0.15, 0.2) is 0 Å². The Balaban J connectivity index is 1.82. The van der Waals surface area contributed by atoms with E-state index in [1.165, 1.54) is 6.07 Å². The van der Waals surface area contributed by atoms with Gasteiger partial charge < -0.3 is 4.57 Å². The van der Waals surface area contributed by atoms with Gasteiger partial charge in [0.25, 0.3) is 0 Å². The fourth-order valence-corrected chi connectivity index (χ4v) is 3.83. The molecule has 2 nitrogen and oxygen atoms in total. The molecule has 4 rings (SSSR count). The molecule has 0 saturated carbocycles. The summed E-state index contributed by atoms with van der Waals surface area (Å²) < 4.78 is 16.3. The number of hydrogen-bond acceptors (Lipinski definition) is 1. The zero-order valence-electron chi connectivity index (χ0n) is 15.2. The van der Waals surface area contributed by atoms with Crippen LogP contribution in [0.4, 0.5) is 4.39 Å². The third kappa shape index (κ3) is 3.91. The number of nitrogens with zero attached hydrogens (tertiary/aromatic N) is 2. The van der Waals surface area contributed by atoms with Crippen LogP contribution in [-0.2, 0) is 6.54 Å². The van der Waals surface area contributed by atoms with Gasteiger partial charge in [-0.1, -0.05) is 65.7 Å². The lowest BCUT2D eigenvalue weighted by Crippen LogP contribution is -1.98. The van der Waals surface area contributed by atoms with E-state index in [1.54, 1.807) is 36.4 Å². The number of allylic oxidation sites excluding steroid dienone is 1. The van der Waals surface area contributed by atoms with Crippen molar-refractivity contribution >= 4 is 45.8 Å². The van der Waals surface area contributed by atoms with Gasteiger partial charge in [-0.05, 0) is 35.9 Å². The van der Waals surface area contributed by atoms with Crippen molar-refractivity contribution in [1.82, 2.24) is 4.57 Å². The number of halogens is 3. The number of nitriles is 1. The van der Waals surface area contributed by atoms with Crippen LogP contribution in [0, 0.1) is 17.1 Å². The Morgan fingerprint density at radius 3 is 2.55 bits per heavy atom. The number of para-hydroxylation sites is 1. The molecule has 1 aromatic heterocycles. The molecule has 0 aliphatic heterocycles. The van der Waals surface area contributed by atoms with E-state index < -0.39 is 5.82 Å². The highest BCUT2D eigenvalue weighted by atomic mass is 35.5. The summed E-state index contributed by atoms with van der Waals surface area (Å²) >= 11 is 12.4. The zero-order chi connectivity index (χ0) is 20.4. The molecule has 1 heterocycles. The summed E-state index contributed by atoms with van der Waals surface area (Å²) in [4.78, 5) is 0. The van der Waals surface area contributed by atoms with Crippen LogP contribution in [-0.4, -0.2) is 4.57 Å². The molecule has 5 heteroatoms. The van der Waals surface area contributed by atoms with E-state index in [1.807, 2.05) is 36.5 Å². The first-order chi connectivity index (χ1) is 14.1. The Morgan fingerprint density at radius 1 is 1.03 bits per heavy atom. The average Bonchev–Trinajstić information content (AvgIpc) is 3.06. The summed E-state index contributed by atoms with van der Waals surface area (Å²) in [6.45, 7) is 0.548. The molecule has 0 unspecified atom stereocenters. The number of hydrogen-bond donors (Lipinski definition) is 0. The van der Waals surface area contributed by atoms with Crippen LogP contribution in [0.5, 0.6) is 0 Å². The van der Waals surface area contributed by atoms with E-state index in [4.69, 9.17) is 23.2 Å². The molecule has 0 radical (unpaired) electrons. The maximum Gasteiger partial charge on any atom is 0.131 e. The van der Waals surface area contributed by atoms with Crippen molar-refractivity contribution in [3.05, 3.63) is 105 Å². The second kappa shape index (κ2) is 8.13. The van der Waals surface area contributed by atoms with Crippen LogP contribution in [0.15, 0.2) is 72.9 Å². The van der Waals surface area contributed by atoms with Crippen molar-refractivity contribution in [3.8, 4) is 6.07 Å². The van der Waals surface area contributed by atoms with E-state index in [2.05, 4.69) is 10.6 Å². The molecular weight excluding hydrogens is 406 g/mol. The maximum absolute atomic E-state index is 14.2. The van der Waals surface area contributed by atoms with Crippen molar-refractivity contribution in [2.75, 3.05) is 0 Å². The van der Waals surface area contributed by atoms with E-state index in [-0.39, 0.29) is 11.1 Å². The summed E-state index contributed by atoms with van der Waals surface area (Å²) in [5, 5.41) is 11.8. The quantitative estimate of drug-likeness (QED) is 0.320. The largest absolute Gasteiger partial charge is 0.342 e. The van der Waals surface area contributed by atoms with Gasteiger partial charge in [0, 0.05) is 44.8 Å². The van der Waals surface area contributed by atoms with Crippen LogP contribution in [0.1, 0.15) is 16.7 Å². The summed E-state index contributed by atoms with van der Waals surface area (Å²) in [7, 11) is 0. The Hall–Kier alpha value is -3.06. The van der Waals surface area contributed by atoms with Crippen LogP contribution < -0.4 is 0 Å². The Morgan fingerprint density at radius 2 is 1.79 bits per heavy atom. The van der Waals surface area contributed by atoms with Crippen molar-refractivity contribution in [1.29, 1.82) is 5.26 Å². The van der Waals surface area contributed by atoms with Crippen molar-refractivity contribution in [3.63, 3.8) is 0 Å². The van der Waals surface area contributed by atoms with Gasteiger partial charge in [0.05, 0.1) is 11.6 Å². The van der Waals surface area contributed by atoms with E-state index >= 15 is 0 Å². The SMILES string of the molecule is N#CC(=Cc1cn(Cc2ccc(Cl)cc2Cl)c2ccccc12)c1ccccc1F. The molecule has 3 aromatic carbocycles. The van der Waals surface area contributed by atoms with Gasteiger partial charge in [-0.25, -0.2) is 4.39 Å². The van der Waals surface area contributed by atoms with Gasteiger partial charge in [-0.15, -0.1) is 0 Å². The number of benzene rings is 3. The van der Waals surface area contributed by atoms with Crippen LogP contribution in [0.25, 0.3) is 22.6 Å². The van der Waals surface area contributed by atoms with E-state index in [0.29, 0.717) is 16.6 Å². The number of rotatable bonds is 4. The average molecular weight is 421 g/mol. The Labute approximate surface area is 178 Å². The molecule has 0 saturated heterocycles. The number of aromatic nitrogens is 1. The highest BCUT2D eigenvalue weighted by Crippen LogP contribution is 2.29. The summed E-state index contributed by atoms with van der Waals surface area (Å²) in [5.41, 5.74) is 3.33. The predicted molar refractivity (Wildman–Crippen MR) is 117 cm³/mol. The van der Waals surface area contributed by atoms with Crippen LogP contribution in [0.3, 0.4) is 0 Å². The first-order valence-corrected chi connectivity index (χ1v) is 9.71. The summed E-state index contributed by atoms with van der Waals surface area (Å²) in [6.07, 6.45) is 3.68. The highest BCUT2D eigenvalue weighted by Gasteiger charge is 2.12. The fraction of sp³-hybridized carbons (Fsp3) is 0.0417. The van der Waals surface area contributed by atoms with Crippen molar-refractivity contribution < 1.29 is 4.39 Å². The smallest absolute Gasteiger partial charge is 0.131 e. The van der Waals surface area contributed by atoms with Crippen molar-refractivity contribution in [2.45, 2.75) is 6.54 Å². The maximum atomic E-state index is 14.2. The van der Waals surface area contributed by atoms with Crippen molar-refractivity contribution in [2.24, 2.45) is 0 Å². The van der Waals surface area contributed by atoms with Gasteiger partial charge in [-0.2, -0.15) is 5.26 Å². The molecule has 0 atom stereocenters. The van der Waals surface area contributed by atoms with Gasteiger partial charge in [0.1, 0.15) is 5.82 Å². The third-order valence-electron chi connectivity index (χ3n) is 4.76. The molecule has 29 heavy (non-hydrogen) atoms. The van der Waals surface area contributed by atoms with E-state index in [0.717, 1.165) is 22.0 Å². The minimum Gasteiger partial charge on any atom is -0.342 e. The summed E-state index contributed by atoms with van der Waals surface area (Å²) in [5.74, 6) is -0.419. The number of fused-ring (bicyclic) bond motifs is 1. The minimum atomic E-state index is -0.419. The zero-order valence-corrected chi connectivity index (χ0v) is 16.8. The van der Waals surface area contributed by atoms with Crippen LogP contribution >= 0.6 is 23.2 Å². The predicted octanol–water partition coefficient (Wildman–Crippen LogP) is 7.20.